The summed E-state index contributed by atoms with van der Waals surface area (Å²) in [5.74, 6) is 0.349. The summed E-state index contributed by atoms with van der Waals surface area (Å²) in [5.41, 5.74) is 0.928. The molecule has 0 heterocycles. The van der Waals surface area contributed by atoms with Gasteiger partial charge < -0.3 is 11.3 Å². The maximum atomic E-state index is 9.19. The third kappa shape index (κ3) is 10.7. The Balaban J connectivity index is 0. The van der Waals surface area contributed by atoms with Gasteiger partial charge in [0.1, 0.15) is 5.75 Å². The first-order chi connectivity index (χ1) is 6.84. The van der Waals surface area contributed by atoms with Crippen LogP contribution in [0.1, 0.15) is 5.56 Å². The number of phenolic OH excluding ortho intramolecular Hbond substituents is 1. The van der Waals surface area contributed by atoms with E-state index in [-0.39, 0.29) is 6.15 Å². The van der Waals surface area contributed by atoms with E-state index in [0.717, 1.165) is 12.0 Å². The average Bonchev–Trinajstić information content (AvgIpc) is 2.06. The Morgan fingerprint density at radius 3 is 2.06 bits per heavy atom. The minimum Gasteiger partial charge on any atom is -0.508 e. The second-order valence-electron chi connectivity index (χ2n) is 2.57. The summed E-state index contributed by atoms with van der Waals surface area (Å²) >= 11 is 0. The fourth-order valence-corrected chi connectivity index (χ4v) is 0.839. The van der Waals surface area contributed by atoms with Gasteiger partial charge in [0.2, 0.25) is 0 Å². The van der Waals surface area contributed by atoms with E-state index < -0.39 is 10.4 Å². The lowest BCUT2D eigenvalue weighted by molar-refractivity contribution is 0.381. The van der Waals surface area contributed by atoms with Crippen molar-refractivity contribution in [2.75, 3.05) is 0 Å². The van der Waals surface area contributed by atoms with Crippen LogP contribution < -0.4 is 6.15 Å². The highest BCUT2D eigenvalue weighted by atomic mass is 32.3. The second kappa shape index (κ2) is 7.83. The molecule has 6 nitrogen and oxygen atoms in total. The Kier molecular flexibility index (Phi) is 8.32. The van der Waals surface area contributed by atoms with Crippen molar-refractivity contribution >= 4 is 10.4 Å². The van der Waals surface area contributed by atoms with Gasteiger partial charge in [0.15, 0.2) is 0 Å². The minimum absolute atomic E-state index is 0. The third-order valence-corrected chi connectivity index (χ3v) is 1.36. The van der Waals surface area contributed by atoms with Gasteiger partial charge in [-0.1, -0.05) is 24.3 Å². The van der Waals surface area contributed by atoms with Crippen LogP contribution >= 0.6 is 0 Å². The third-order valence-electron chi connectivity index (χ3n) is 1.36. The fraction of sp³-hybridized carbons (Fsp3) is 0.111. The predicted octanol–water partition coefficient (Wildman–Crippen LogP) is 1.63. The maximum Gasteiger partial charge on any atom is 0.394 e. The van der Waals surface area contributed by atoms with Crippen molar-refractivity contribution in [3.05, 3.63) is 42.5 Å². The van der Waals surface area contributed by atoms with Gasteiger partial charge in [-0.25, -0.2) is 0 Å². The van der Waals surface area contributed by atoms with Crippen LogP contribution in [0.5, 0.6) is 5.75 Å². The summed E-state index contributed by atoms with van der Waals surface area (Å²) in [7, 11) is -4.67. The molecule has 0 aromatic heterocycles. The molecule has 0 aliphatic rings. The van der Waals surface area contributed by atoms with Crippen LogP contribution in [-0.2, 0) is 16.8 Å². The Labute approximate surface area is 94.4 Å². The predicted molar refractivity (Wildman–Crippen MR) is 61.2 cm³/mol. The lowest BCUT2D eigenvalue weighted by Crippen LogP contribution is -1.89. The zero-order chi connectivity index (χ0) is 11.9. The SMILES string of the molecule is C=CCc1ccccc1O.N.O=S(=O)(O)O. The maximum absolute atomic E-state index is 9.19. The summed E-state index contributed by atoms with van der Waals surface area (Å²) in [6.45, 7) is 3.59. The molecule has 7 heteroatoms. The van der Waals surface area contributed by atoms with Crippen molar-refractivity contribution in [2.45, 2.75) is 6.42 Å². The number of rotatable bonds is 2. The molecule has 0 fully saturated rings. The summed E-state index contributed by atoms with van der Waals surface area (Å²) < 4.78 is 31.6. The molecule has 0 saturated carbocycles. The molecule has 0 atom stereocenters. The Bertz CT molecular complexity index is 408. The van der Waals surface area contributed by atoms with E-state index in [1.165, 1.54) is 0 Å². The molecule has 0 amide bonds. The molecule has 1 aromatic carbocycles. The van der Waals surface area contributed by atoms with E-state index in [1.807, 2.05) is 18.2 Å². The van der Waals surface area contributed by atoms with Crippen molar-refractivity contribution in [3.63, 3.8) is 0 Å². The number of phenols is 1. The Morgan fingerprint density at radius 1 is 1.25 bits per heavy atom. The van der Waals surface area contributed by atoms with Crippen LogP contribution in [0.15, 0.2) is 36.9 Å². The van der Waals surface area contributed by atoms with Crippen molar-refractivity contribution in [1.29, 1.82) is 0 Å². The molecule has 92 valence electrons. The van der Waals surface area contributed by atoms with Gasteiger partial charge in [-0.2, -0.15) is 8.42 Å². The molecule has 0 unspecified atom stereocenters. The van der Waals surface area contributed by atoms with Gasteiger partial charge in [-0.15, -0.1) is 6.58 Å². The zero-order valence-corrected chi connectivity index (χ0v) is 9.39. The molecule has 0 saturated heterocycles. The summed E-state index contributed by atoms with van der Waals surface area (Å²) in [4.78, 5) is 0. The largest absolute Gasteiger partial charge is 0.508 e. The first-order valence-corrected chi connectivity index (χ1v) is 5.32. The van der Waals surface area contributed by atoms with Crippen molar-refractivity contribution in [3.8, 4) is 5.75 Å². The first kappa shape index (κ1) is 17.0. The Hall–Kier alpha value is -1.41. The van der Waals surface area contributed by atoms with E-state index in [4.69, 9.17) is 17.5 Å². The minimum atomic E-state index is -4.67. The number of para-hydroxylation sites is 1. The Morgan fingerprint density at radius 2 is 1.69 bits per heavy atom. The van der Waals surface area contributed by atoms with Crippen LogP contribution in [0.3, 0.4) is 0 Å². The van der Waals surface area contributed by atoms with Crippen molar-refractivity contribution in [2.24, 2.45) is 0 Å². The fourth-order valence-electron chi connectivity index (χ4n) is 0.839. The highest BCUT2D eigenvalue weighted by Gasteiger charge is 1.93. The van der Waals surface area contributed by atoms with Crippen LogP contribution in [-0.4, -0.2) is 22.6 Å². The van der Waals surface area contributed by atoms with E-state index >= 15 is 0 Å². The molecule has 0 aliphatic carbocycles. The summed E-state index contributed by atoms with van der Waals surface area (Å²) in [5, 5.41) is 9.19. The van der Waals surface area contributed by atoms with Crippen LogP contribution in [0, 0.1) is 0 Å². The molecular formula is C9H15NO5S. The topological polar surface area (TPSA) is 130 Å². The standard InChI is InChI=1S/C9H10O.H3N.H2O4S/c1-2-5-8-6-3-4-7-9(8)10;;1-5(2,3)4/h2-4,6-7,10H,1,5H2;1H3;(H2,1,2,3,4). The van der Waals surface area contributed by atoms with E-state index in [9.17, 15) is 5.11 Å². The first-order valence-electron chi connectivity index (χ1n) is 3.92. The lowest BCUT2D eigenvalue weighted by Gasteiger charge is -1.97. The number of hydrogen-bond donors (Lipinski definition) is 4. The molecule has 1 rings (SSSR count). The highest BCUT2D eigenvalue weighted by Crippen LogP contribution is 2.15. The van der Waals surface area contributed by atoms with Crippen molar-refractivity contribution < 1.29 is 22.6 Å². The van der Waals surface area contributed by atoms with Crippen LogP contribution in [0.4, 0.5) is 0 Å². The van der Waals surface area contributed by atoms with Crippen LogP contribution in [0.2, 0.25) is 0 Å². The molecular weight excluding hydrogens is 234 g/mol. The lowest BCUT2D eigenvalue weighted by atomic mass is 10.1. The number of aromatic hydroxyl groups is 1. The van der Waals surface area contributed by atoms with Gasteiger partial charge in [0.25, 0.3) is 0 Å². The molecule has 6 N–H and O–H groups in total. The van der Waals surface area contributed by atoms with Gasteiger partial charge in [-0.3, -0.25) is 9.11 Å². The molecule has 1 aromatic rings. The van der Waals surface area contributed by atoms with Crippen LogP contribution in [0.25, 0.3) is 0 Å². The van der Waals surface area contributed by atoms with Gasteiger partial charge in [-0.05, 0) is 18.1 Å². The van der Waals surface area contributed by atoms with E-state index in [1.54, 1.807) is 12.1 Å². The average molecular weight is 249 g/mol. The molecule has 0 aliphatic heterocycles. The van der Waals surface area contributed by atoms with Gasteiger partial charge in [0.05, 0.1) is 0 Å². The zero-order valence-electron chi connectivity index (χ0n) is 8.57. The molecule has 0 bridgehead atoms. The number of hydrogen-bond acceptors (Lipinski definition) is 4. The van der Waals surface area contributed by atoms with E-state index in [0.29, 0.717) is 5.75 Å². The number of benzene rings is 1. The van der Waals surface area contributed by atoms with E-state index in [2.05, 4.69) is 6.58 Å². The normalized spacial score (nSPS) is 9.38. The molecule has 0 spiro atoms. The van der Waals surface area contributed by atoms with Gasteiger partial charge >= 0.3 is 10.4 Å². The van der Waals surface area contributed by atoms with Crippen molar-refractivity contribution in [1.82, 2.24) is 6.15 Å². The molecule has 0 radical (unpaired) electrons. The smallest absolute Gasteiger partial charge is 0.394 e. The number of allylic oxidation sites excluding steroid dienone is 1. The monoisotopic (exact) mass is 249 g/mol. The summed E-state index contributed by atoms with van der Waals surface area (Å²) in [6.07, 6.45) is 2.50. The quantitative estimate of drug-likeness (QED) is 0.465. The van der Waals surface area contributed by atoms with Gasteiger partial charge in [0, 0.05) is 0 Å². The second-order valence-corrected chi connectivity index (χ2v) is 3.47. The highest BCUT2D eigenvalue weighted by molar-refractivity contribution is 7.79. The summed E-state index contributed by atoms with van der Waals surface area (Å²) in [6, 6.07) is 7.27. The molecule has 16 heavy (non-hydrogen) atoms.